The maximum atomic E-state index is 12.7. The molecule has 2 aromatic carbocycles. The zero-order valence-corrected chi connectivity index (χ0v) is 19.1. The summed E-state index contributed by atoms with van der Waals surface area (Å²) in [5.74, 6) is 0.414. The molecule has 2 amide bonds. The standard InChI is InChI=1S/C23H24ClN5O2S/c24-19-9-7-17(8-10-19)21-26-27-23(32)29(21)15-20(30)25-14-16-5-4-6-18(13-16)22(31)28-11-2-1-3-12-28/h4-10,13H,1-3,11-12,14-15H2,(H,25,30)(H,27,32). The molecule has 0 saturated carbocycles. The predicted molar refractivity (Wildman–Crippen MR) is 126 cm³/mol. The maximum Gasteiger partial charge on any atom is 0.253 e. The van der Waals surface area contributed by atoms with Crippen LogP contribution in [0.1, 0.15) is 35.2 Å². The van der Waals surface area contributed by atoms with Gasteiger partial charge in [-0.15, -0.1) is 0 Å². The van der Waals surface area contributed by atoms with Crippen molar-refractivity contribution in [3.8, 4) is 11.4 Å². The van der Waals surface area contributed by atoms with Crippen LogP contribution in [0.2, 0.25) is 5.02 Å². The van der Waals surface area contributed by atoms with Crippen LogP contribution in [-0.2, 0) is 17.9 Å². The van der Waals surface area contributed by atoms with E-state index in [1.165, 1.54) is 6.42 Å². The van der Waals surface area contributed by atoms with Crippen LogP contribution in [0.3, 0.4) is 0 Å². The van der Waals surface area contributed by atoms with Crippen molar-refractivity contribution in [1.29, 1.82) is 0 Å². The molecule has 1 aromatic heterocycles. The molecule has 0 atom stereocenters. The number of likely N-dealkylation sites (tertiary alicyclic amines) is 1. The Morgan fingerprint density at radius 2 is 1.84 bits per heavy atom. The van der Waals surface area contributed by atoms with E-state index in [2.05, 4.69) is 15.5 Å². The number of hydrogen-bond acceptors (Lipinski definition) is 4. The first-order chi connectivity index (χ1) is 15.5. The zero-order valence-electron chi connectivity index (χ0n) is 17.5. The van der Waals surface area contributed by atoms with E-state index in [9.17, 15) is 9.59 Å². The number of piperidine rings is 1. The summed E-state index contributed by atoms with van der Waals surface area (Å²) in [4.78, 5) is 27.3. The van der Waals surface area contributed by atoms with E-state index in [4.69, 9.17) is 23.8 Å². The highest BCUT2D eigenvalue weighted by molar-refractivity contribution is 7.71. The molecule has 0 aliphatic carbocycles. The topological polar surface area (TPSA) is 83.0 Å². The summed E-state index contributed by atoms with van der Waals surface area (Å²) < 4.78 is 2.00. The molecule has 1 fully saturated rings. The minimum atomic E-state index is -0.203. The van der Waals surface area contributed by atoms with Crippen molar-refractivity contribution >= 4 is 35.6 Å². The lowest BCUT2D eigenvalue weighted by atomic mass is 10.1. The molecule has 0 spiro atoms. The third-order valence-electron chi connectivity index (χ3n) is 5.47. The summed E-state index contributed by atoms with van der Waals surface area (Å²) in [5.41, 5.74) is 2.33. The molecule has 0 unspecified atom stereocenters. The molecule has 1 saturated heterocycles. The number of halogens is 1. The van der Waals surface area contributed by atoms with E-state index in [-0.39, 0.29) is 18.4 Å². The van der Waals surface area contributed by atoms with E-state index < -0.39 is 0 Å². The molecule has 32 heavy (non-hydrogen) atoms. The van der Waals surface area contributed by atoms with Gasteiger partial charge in [0, 0.05) is 35.8 Å². The number of H-pyrrole nitrogens is 1. The lowest BCUT2D eigenvalue weighted by Crippen LogP contribution is -2.35. The first-order valence-electron chi connectivity index (χ1n) is 10.6. The van der Waals surface area contributed by atoms with Crippen LogP contribution in [-0.4, -0.2) is 44.6 Å². The molecule has 4 rings (SSSR count). The average molecular weight is 470 g/mol. The predicted octanol–water partition coefficient (Wildman–Crippen LogP) is 4.20. The van der Waals surface area contributed by atoms with Crippen molar-refractivity contribution in [3.05, 3.63) is 69.5 Å². The van der Waals surface area contributed by atoms with Gasteiger partial charge in [0.1, 0.15) is 6.54 Å². The van der Waals surface area contributed by atoms with Crippen molar-refractivity contribution in [2.75, 3.05) is 13.1 Å². The molecule has 0 bridgehead atoms. The lowest BCUT2D eigenvalue weighted by Gasteiger charge is -2.26. The van der Waals surface area contributed by atoms with Gasteiger partial charge >= 0.3 is 0 Å². The Kier molecular flexibility index (Phi) is 7.02. The molecule has 9 heteroatoms. The van der Waals surface area contributed by atoms with E-state index in [1.54, 1.807) is 16.7 Å². The van der Waals surface area contributed by atoms with Gasteiger partial charge in [0.15, 0.2) is 10.6 Å². The van der Waals surface area contributed by atoms with E-state index in [0.29, 0.717) is 27.7 Å². The summed E-state index contributed by atoms with van der Waals surface area (Å²) in [7, 11) is 0. The molecule has 2 heterocycles. The second kappa shape index (κ2) is 10.1. The number of benzene rings is 2. The van der Waals surface area contributed by atoms with Crippen LogP contribution < -0.4 is 5.32 Å². The second-order valence-electron chi connectivity index (χ2n) is 7.78. The van der Waals surface area contributed by atoms with Crippen LogP contribution in [0, 0.1) is 4.77 Å². The first-order valence-corrected chi connectivity index (χ1v) is 11.4. The quantitative estimate of drug-likeness (QED) is 0.530. The number of aromatic amines is 1. The van der Waals surface area contributed by atoms with Gasteiger partial charge in [0.25, 0.3) is 5.91 Å². The lowest BCUT2D eigenvalue weighted by molar-refractivity contribution is -0.121. The summed E-state index contributed by atoms with van der Waals surface area (Å²) in [5, 5.41) is 10.5. The maximum absolute atomic E-state index is 12.7. The number of carbonyl (C=O) groups excluding carboxylic acids is 2. The molecule has 2 N–H and O–H groups in total. The van der Waals surface area contributed by atoms with Crippen molar-refractivity contribution in [2.45, 2.75) is 32.4 Å². The van der Waals surface area contributed by atoms with Gasteiger partial charge in [0.05, 0.1) is 0 Å². The molecule has 7 nitrogen and oxygen atoms in total. The summed E-state index contributed by atoms with van der Waals surface area (Å²) in [6, 6.07) is 14.6. The van der Waals surface area contributed by atoms with Crippen molar-refractivity contribution in [1.82, 2.24) is 25.0 Å². The van der Waals surface area contributed by atoms with Crippen LogP contribution in [0.25, 0.3) is 11.4 Å². The zero-order chi connectivity index (χ0) is 22.5. The molecule has 1 aliphatic rings. The van der Waals surface area contributed by atoms with Gasteiger partial charge in [-0.2, -0.15) is 5.10 Å². The van der Waals surface area contributed by atoms with Crippen molar-refractivity contribution < 1.29 is 9.59 Å². The van der Waals surface area contributed by atoms with E-state index in [1.807, 2.05) is 41.3 Å². The third-order valence-corrected chi connectivity index (χ3v) is 6.03. The smallest absolute Gasteiger partial charge is 0.253 e. The number of amides is 2. The van der Waals surface area contributed by atoms with Gasteiger partial charge in [0.2, 0.25) is 5.91 Å². The first kappa shape index (κ1) is 22.2. The minimum Gasteiger partial charge on any atom is -0.350 e. The van der Waals surface area contributed by atoms with Crippen LogP contribution in [0.15, 0.2) is 48.5 Å². The fourth-order valence-corrected chi connectivity index (χ4v) is 4.10. The summed E-state index contributed by atoms with van der Waals surface area (Å²) in [6.45, 7) is 1.96. The second-order valence-corrected chi connectivity index (χ2v) is 8.60. The average Bonchev–Trinajstić information content (AvgIpc) is 3.18. The van der Waals surface area contributed by atoms with Crippen molar-refractivity contribution in [2.24, 2.45) is 0 Å². The van der Waals surface area contributed by atoms with Crippen LogP contribution >= 0.6 is 23.8 Å². The van der Waals surface area contributed by atoms with Crippen molar-refractivity contribution in [3.63, 3.8) is 0 Å². The Morgan fingerprint density at radius 3 is 2.59 bits per heavy atom. The Bertz CT molecular complexity index is 1170. The van der Waals surface area contributed by atoms with E-state index >= 15 is 0 Å². The Labute approximate surface area is 196 Å². The molecule has 3 aromatic rings. The number of nitrogens with zero attached hydrogens (tertiary/aromatic N) is 3. The van der Waals surface area contributed by atoms with Gasteiger partial charge in [-0.1, -0.05) is 23.7 Å². The highest BCUT2D eigenvalue weighted by Crippen LogP contribution is 2.20. The fraction of sp³-hybridized carbons (Fsp3) is 0.304. The number of nitrogens with one attached hydrogen (secondary N) is 2. The molecule has 166 valence electrons. The highest BCUT2D eigenvalue weighted by atomic mass is 35.5. The minimum absolute atomic E-state index is 0.0275. The summed E-state index contributed by atoms with van der Waals surface area (Å²) in [6.07, 6.45) is 3.28. The third kappa shape index (κ3) is 5.26. The Balaban J connectivity index is 1.40. The van der Waals surface area contributed by atoms with Gasteiger partial charge in [-0.3, -0.25) is 19.3 Å². The SMILES string of the molecule is O=C(Cn1c(-c2ccc(Cl)cc2)n[nH]c1=S)NCc1cccc(C(=O)N2CCCCC2)c1. The molecular weight excluding hydrogens is 446 g/mol. The number of aromatic nitrogens is 3. The number of carbonyl (C=O) groups is 2. The fourth-order valence-electron chi connectivity index (χ4n) is 3.78. The summed E-state index contributed by atoms with van der Waals surface area (Å²) >= 11 is 11.3. The monoisotopic (exact) mass is 469 g/mol. The van der Waals surface area contributed by atoms with Gasteiger partial charge < -0.3 is 10.2 Å². The van der Waals surface area contributed by atoms with E-state index in [0.717, 1.165) is 37.1 Å². The number of rotatable bonds is 6. The Morgan fingerprint density at radius 1 is 1.09 bits per heavy atom. The Hall–Kier alpha value is -2.97. The van der Waals surface area contributed by atoms with Gasteiger partial charge in [-0.25, -0.2) is 0 Å². The number of hydrogen-bond donors (Lipinski definition) is 2. The highest BCUT2D eigenvalue weighted by Gasteiger charge is 2.18. The largest absolute Gasteiger partial charge is 0.350 e. The van der Waals surface area contributed by atoms with Crippen LogP contribution in [0.4, 0.5) is 0 Å². The van der Waals surface area contributed by atoms with Crippen LogP contribution in [0.5, 0.6) is 0 Å². The van der Waals surface area contributed by atoms with Gasteiger partial charge in [-0.05, 0) is 73.4 Å². The molecule has 0 radical (unpaired) electrons. The normalized spacial score (nSPS) is 13.7. The molecule has 1 aliphatic heterocycles. The molecular formula is C23H24ClN5O2S.